The summed E-state index contributed by atoms with van der Waals surface area (Å²) in [5, 5.41) is -0.00380. The molecule has 2 rings (SSSR count). The number of hydrogen-bond donors (Lipinski definition) is 1. The molecule has 2 aromatic rings. The summed E-state index contributed by atoms with van der Waals surface area (Å²) < 4.78 is 45.1. The van der Waals surface area contributed by atoms with Gasteiger partial charge in [0.2, 0.25) is 0 Å². The van der Waals surface area contributed by atoms with Crippen LogP contribution in [-0.2, 0) is 10.0 Å². The molecule has 0 heterocycles. The van der Waals surface area contributed by atoms with Gasteiger partial charge in [-0.3, -0.25) is 4.72 Å². The minimum absolute atomic E-state index is 0.0795. The van der Waals surface area contributed by atoms with Crippen LogP contribution in [0.15, 0.2) is 41.3 Å². The van der Waals surface area contributed by atoms with Crippen LogP contribution in [0.3, 0.4) is 0 Å². The van der Waals surface area contributed by atoms with Crippen LogP contribution in [0.2, 0.25) is 10.0 Å². The third-order valence-electron chi connectivity index (χ3n) is 2.61. The zero-order valence-electron chi connectivity index (χ0n) is 10.7. The Labute approximate surface area is 131 Å². The van der Waals surface area contributed by atoms with E-state index in [2.05, 4.69) is 4.72 Å². The Morgan fingerprint density at radius 1 is 1.14 bits per heavy atom. The van der Waals surface area contributed by atoms with Crippen molar-refractivity contribution in [1.82, 2.24) is 0 Å². The minimum Gasteiger partial charge on any atom is -0.495 e. The monoisotopic (exact) mass is 349 g/mol. The molecule has 0 aliphatic heterocycles. The predicted molar refractivity (Wildman–Crippen MR) is 80.2 cm³/mol. The van der Waals surface area contributed by atoms with Gasteiger partial charge in [-0.2, -0.15) is 0 Å². The van der Waals surface area contributed by atoms with Crippen molar-refractivity contribution in [2.24, 2.45) is 0 Å². The summed E-state index contributed by atoms with van der Waals surface area (Å²) in [4.78, 5) is -0.266. The van der Waals surface area contributed by atoms with E-state index in [1.165, 1.54) is 31.4 Å². The van der Waals surface area contributed by atoms with Crippen LogP contribution in [-0.4, -0.2) is 15.5 Å². The smallest absolute Gasteiger partial charge is 0.263 e. The third-order valence-corrected chi connectivity index (χ3v) is 4.74. The average molecular weight is 350 g/mol. The fourth-order valence-corrected chi connectivity index (χ4v) is 3.53. The SMILES string of the molecule is COc1cc(Cl)c(S(=O)(=O)Nc2ccccc2F)cc1Cl. The summed E-state index contributed by atoms with van der Waals surface area (Å²) in [6.45, 7) is 0. The molecule has 2 aromatic carbocycles. The van der Waals surface area contributed by atoms with Crippen molar-refractivity contribution in [2.75, 3.05) is 11.8 Å². The molecule has 0 aliphatic rings. The van der Waals surface area contributed by atoms with Crippen LogP contribution in [0, 0.1) is 5.82 Å². The summed E-state index contributed by atoms with van der Waals surface area (Å²) in [6.07, 6.45) is 0. The lowest BCUT2D eigenvalue weighted by molar-refractivity contribution is 0.414. The molecule has 0 aliphatic carbocycles. The second-order valence-corrected chi connectivity index (χ2v) is 6.47. The quantitative estimate of drug-likeness (QED) is 0.909. The molecule has 0 unspecified atom stereocenters. The Hall–Kier alpha value is -1.50. The topological polar surface area (TPSA) is 55.4 Å². The molecule has 0 spiro atoms. The van der Waals surface area contributed by atoms with Crippen molar-refractivity contribution in [2.45, 2.75) is 4.90 Å². The van der Waals surface area contributed by atoms with Crippen LogP contribution in [0.25, 0.3) is 0 Å². The molecule has 0 amide bonds. The van der Waals surface area contributed by atoms with Gasteiger partial charge in [0.15, 0.2) is 0 Å². The van der Waals surface area contributed by atoms with Gasteiger partial charge in [-0.05, 0) is 18.2 Å². The van der Waals surface area contributed by atoms with Crippen molar-refractivity contribution in [3.8, 4) is 5.75 Å². The summed E-state index contributed by atoms with van der Waals surface area (Å²) in [7, 11) is -2.70. The van der Waals surface area contributed by atoms with Gasteiger partial charge in [0.25, 0.3) is 10.0 Å². The zero-order valence-corrected chi connectivity index (χ0v) is 13.1. The lowest BCUT2D eigenvalue weighted by atomic mass is 10.3. The van der Waals surface area contributed by atoms with Crippen LogP contribution < -0.4 is 9.46 Å². The van der Waals surface area contributed by atoms with Gasteiger partial charge in [-0.25, -0.2) is 12.8 Å². The third kappa shape index (κ3) is 3.40. The summed E-state index contributed by atoms with van der Waals surface area (Å²) in [5.74, 6) is -0.455. The maximum Gasteiger partial charge on any atom is 0.263 e. The number of sulfonamides is 1. The van der Waals surface area contributed by atoms with Gasteiger partial charge in [0, 0.05) is 6.07 Å². The minimum atomic E-state index is -4.08. The van der Waals surface area contributed by atoms with Gasteiger partial charge < -0.3 is 4.74 Å². The largest absolute Gasteiger partial charge is 0.495 e. The van der Waals surface area contributed by atoms with Crippen molar-refractivity contribution >= 4 is 38.9 Å². The number of halogens is 3. The molecule has 0 radical (unpaired) electrons. The molecule has 0 aromatic heterocycles. The number of benzene rings is 2. The molecule has 0 atom stereocenters. The molecule has 0 saturated carbocycles. The Morgan fingerprint density at radius 2 is 1.81 bits per heavy atom. The first-order valence-corrected chi connectivity index (χ1v) is 7.89. The van der Waals surface area contributed by atoms with Crippen molar-refractivity contribution in [3.63, 3.8) is 0 Å². The molecule has 0 bridgehead atoms. The highest BCUT2D eigenvalue weighted by Crippen LogP contribution is 2.34. The van der Waals surface area contributed by atoms with Crippen LogP contribution in [0.5, 0.6) is 5.75 Å². The van der Waals surface area contributed by atoms with E-state index in [1.54, 1.807) is 0 Å². The number of para-hydroxylation sites is 1. The van der Waals surface area contributed by atoms with E-state index in [4.69, 9.17) is 27.9 Å². The normalized spacial score (nSPS) is 11.2. The standard InChI is InChI=1S/C13H10Cl2FNO3S/c1-20-12-6-9(15)13(7-8(12)14)21(18,19)17-11-5-3-2-4-10(11)16/h2-7,17H,1H3. The van der Waals surface area contributed by atoms with Gasteiger partial charge >= 0.3 is 0 Å². The van der Waals surface area contributed by atoms with Crippen LogP contribution in [0.1, 0.15) is 0 Å². The molecule has 4 nitrogen and oxygen atoms in total. The number of hydrogen-bond acceptors (Lipinski definition) is 3. The molecule has 21 heavy (non-hydrogen) atoms. The van der Waals surface area contributed by atoms with E-state index in [1.807, 2.05) is 0 Å². The fourth-order valence-electron chi connectivity index (χ4n) is 1.62. The molecular weight excluding hydrogens is 340 g/mol. The maximum atomic E-state index is 13.5. The zero-order chi connectivity index (χ0) is 15.6. The van der Waals surface area contributed by atoms with Gasteiger partial charge in [0.05, 0.1) is 22.8 Å². The van der Waals surface area contributed by atoms with Gasteiger partial charge in [0.1, 0.15) is 16.5 Å². The number of rotatable bonds is 4. The molecule has 8 heteroatoms. The summed E-state index contributed by atoms with van der Waals surface area (Å²) >= 11 is 11.8. The van der Waals surface area contributed by atoms with Crippen molar-refractivity contribution in [1.29, 1.82) is 0 Å². The highest BCUT2D eigenvalue weighted by Gasteiger charge is 2.21. The van der Waals surface area contributed by atoms with E-state index < -0.39 is 15.8 Å². The maximum absolute atomic E-state index is 13.5. The Morgan fingerprint density at radius 3 is 2.43 bits per heavy atom. The Balaban J connectivity index is 2.45. The van der Waals surface area contributed by atoms with E-state index in [0.717, 1.165) is 12.1 Å². The molecule has 0 fully saturated rings. The highest BCUT2D eigenvalue weighted by atomic mass is 35.5. The van der Waals surface area contributed by atoms with Crippen LogP contribution >= 0.6 is 23.2 Å². The number of anilines is 1. The fraction of sp³-hybridized carbons (Fsp3) is 0.0769. The number of ether oxygens (including phenoxy) is 1. The second-order valence-electron chi connectivity index (χ2n) is 4.00. The lowest BCUT2D eigenvalue weighted by Gasteiger charge is -2.12. The first kappa shape index (κ1) is 15.9. The summed E-state index contributed by atoms with van der Waals surface area (Å²) in [6, 6.07) is 7.81. The van der Waals surface area contributed by atoms with E-state index in [0.29, 0.717) is 0 Å². The highest BCUT2D eigenvalue weighted by molar-refractivity contribution is 7.92. The molecule has 112 valence electrons. The van der Waals surface area contributed by atoms with E-state index in [-0.39, 0.29) is 26.4 Å². The van der Waals surface area contributed by atoms with Gasteiger partial charge in [-0.15, -0.1) is 0 Å². The molecular formula is C13H10Cl2FNO3S. The first-order chi connectivity index (χ1) is 9.85. The number of methoxy groups -OCH3 is 1. The predicted octanol–water partition coefficient (Wildman–Crippen LogP) is 3.94. The van der Waals surface area contributed by atoms with Gasteiger partial charge in [-0.1, -0.05) is 35.3 Å². The summed E-state index contributed by atoms with van der Waals surface area (Å²) in [5.41, 5.74) is -0.180. The van der Waals surface area contributed by atoms with Crippen molar-refractivity contribution < 1.29 is 17.5 Å². The lowest BCUT2D eigenvalue weighted by Crippen LogP contribution is -2.14. The van der Waals surface area contributed by atoms with E-state index in [9.17, 15) is 12.8 Å². The average Bonchev–Trinajstić information content (AvgIpc) is 2.43. The van der Waals surface area contributed by atoms with Crippen molar-refractivity contribution in [3.05, 3.63) is 52.3 Å². The Bertz CT molecular complexity index is 781. The van der Waals surface area contributed by atoms with E-state index >= 15 is 0 Å². The second kappa shape index (κ2) is 6.09. The van der Waals surface area contributed by atoms with Crippen LogP contribution in [0.4, 0.5) is 10.1 Å². The molecule has 1 N–H and O–H groups in total. The Kier molecular flexibility index (Phi) is 4.61. The molecule has 0 saturated heterocycles. The number of nitrogens with one attached hydrogen (secondary N) is 1. The first-order valence-electron chi connectivity index (χ1n) is 5.65.